The van der Waals surface area contributed by atoms with Gasteiger partial charge in [0.25, 0.3) is 0 Å². The molecular weight excluding hydrogens is 376 g/mol. The fraction of sp³-hybridized carbons (Fsp3) is 0.154. The maximum atomic E-state index is 12.4. The highest BCUT2D eigenvalue weighted by Crippen LogP contribution is 2.20. The van der Waals surface area contributed by atoms with Crippen molar-refractivity contribution in [2.45, 2.75) is 12.8 Å². The molecule has 0 fully saturated rings. The van der Waals surface area contributed by atoms with E-state index in [4.69, 9.17) is 9.47 Å². The van der Waals surface area contributed by atoms with Crippen LogP contribution in [0.1, 0.15) is 33.6 Å². The van der Waals surface area contributed by atoms with Crippen LogP contribution in [-0.4, -0.2) is 25.2 Å². The van der Waals surface area contributed by atoms with Crippen LogP contribution in [0.3, 0.4) is 0 Å². The summed E-state index contributed by atoms with van der Waals surface area (Å²) in [6.45, 7) is 0.571. The first-order valence-electron chi connectivity index (χ1n) is 10.0. The van der Waals surface area contributed by atoms with E-state index in [1.165, 1.54) is 0 Å². The molecule has 0 radical (unpaired) electrons. The van der Waals surface area contributed by atoms with Gasteiger partial charge in [0.15, 0.2) is 0 Å². The average Bonchev–Trinajstić information content (AvgIpc) is 2.80. The molecule has 0 N–H and O–H groups in total. The minimum absolute atomic E-state index is 0.286. The van der Waals surface area contributed by atoms with E-state index in [-0.39, 0.29) is 25.2 Å². The minimum atomic E-state index is -0.334. The van der Waals surface area contributed by atoms with Crippen molar-refractivity contribution in [1.82, 2.24) is 0 Å². The largest absolute Gasteiger partial charge is 0.462 e. The Bertz CT molecular complexity index is 1090. The number of unbranched alkanes of at least 4 members (excludes halogenated alkanes) is 1. The Morgan fingerprint density at radius 1 is 0.533 bits per heavy atom. The molecule has 0 unspecified atom stereocenters. The summed E-state index contributed by atoms with van der Waals surface area (Å²) < 4.78 is 10.8. The third-order valence-electron chi connectivity index (χ3n) is 5.02. The smallest absolute Gasteiger partial charge is 0.338 e. The van der Waals surface area contributed by atoms with Gasteiger partial charge in [0.1, 0.15) is 0 Å². The molecule has 0 aliphatic rings. The molecule has 0 saturated heterocycles. The zero-order valence-corrected chi connectivity index (χ0v) is 16.5. The Hall–Kier alpha value is -3.66. The van der Waals surface area contributed by atoms with E-state index in [1.807, 2.05) is 72.8 Å². The lowest BCUT2D eigenvalue weighted by Crippen LogP contribution is -2.10. The van der Waals surface area contributed by atoms with Gasteiger partial charge >= 0.3 is 11.9 Å². The molecule has 0 saturated carbocycles. The van der Waals surface area contributed by atoms with Crippen molar-refractivity contribution in [1.29, 1.82) is 0 Å². The van der Waals surface area contributed by atoms with Gasteiger partial charge in [0.05, 0.1) is 24.3 Å². The van der Waals surface area contributed by atoms with Crippen LogP contribution in [0, 0.1) is 0 Å². The Labute approximate surface area is 175 Å². The molecule has 0 spiro atoms. The number of esters is 2. The molecule has 0 aliphatic carbocycles. The topological polar surface area (TPSA) is 52.6 Å². The summed E-state index contributed by atoms with van der Waals surface area (Å²) in [5, 5.41) is 3.78. The lowest BCUT2D eigenvalue weighted by atomic mass is 10.0. The number of hydrogen-bond acceptors (Lipinski definition) is 4. The van der Waals surface area contributed by atoms with Gasteiger partial charge in [0, 0.05) is 0 Å². The van der Waals surface area contributed by atoms with E-state index in [0.29, 0.717) is 24.0 Å². The van der Waals surface area contributed by atoms with Crippen LogP contribution >= 0.6 is 0 Å². The van der Waals surface area contributed by atoms with Crippen molar-refractivity contribution in [2.75, 3.05) is 13.2 Å². The Balaban J connectivity index is 1.24. The third kappa shape index (κ3) is 4.33. The molecule has 4 nitrogen and oxygen atoms in total. The highest BCUT2D eigenvalue weighted by atomic mass is 16.5. The van der Waals surface area contributed by atoms with E-state index >= 15 is 0 Å². The summed E-state index contributed by atoms with van der Waals surface area (Å²) in [4.78, 5) is 24.8. The predicted octanol–water partition coefficient (Wildman–Crippen LogP) is 5.79. The Morgan fingerprint density at radius 3 is 1.40 bits per heavy atom. The van der Waals surface area contributed by atoms with Crippen molar-refractivity contribution >= 4 is 33.5 Å². The van der Waals surface area contributed by atoms with Crippen LogP contribution in [0.5, 0.6) is 0 Å². The maximum Gasteiger partial charge on any atom is 0.338 e. The molecule has 0 amide bonds. The second kappa shape index (κ2) is 9.23. The van der Waals surface area contributed by atoms with Gasteiger partial charge in [-0.1, -0.05) is 72.8 Å². The molecule has 30 heavy (non-hydrogen) atoms. The van der Waals surface area contributed by atoms with E-state index in [0.717, 1.165) is 21.5 Å². The summed E-state index contributed by atoms with van der Waals surface area (Å²) in [5.41, 5.74) is 1.13. The van der Waals surface area contributed by atoms with Crippen LogP contribution in [-0.2, 0) is 9.47 Å². The van der Waals surface area contributed by atoms with Crippen molar-refractivity contribution in [3.63, 3.8) is 0 Å². The number of fused-ring (bicyclic) bond motifs is 2. The van der Waals surface area contributed by atoms with Crippen LogP contribution in [0.4, 0.5) is 0 Å². The van der Waals surface area contributed by atoms with Gasteiger partial charge in [-0.15, -0.1) is 0 Å². The fourth-order valence-corrected chi connectivity index (χ4v) is 3.50. The van der Waals surface area contributed by atoms with E-state index in [1.54, 1.807) is 12.1 Å². The molecule has 0 aromatic heterocycles. The van der Waals surface area contributed by atoms with Crippen molar-refractivity contribution in [3.05, 3.63) is 96.1 Å². The molecule has 4 aromatic rings. The van der Waals surface area contributed by atoms with Crippen molar-refractivity contribution < 1.29 is 19.1 Å². The molecule has 0 aliphatic heterocycles. The lowest BCUT2D eigenvalue weighted by Gasteiger charge is -2.09. The van der Waals surface area contributed by atoms with Crippen LogP contribution in [0.15, 0.2) is 84.9 Å². The number of carbonyl (C=O) groups excluding carboxylic acids is 2. The number of rotatable bonds is 7. The average molecular weight is 398 g/mol. The zero-order valence-electron chi connectivity index (χ0n) is 16.5. The molecule has 4 heteroatoms. The number of hydrogen-bond donors (Lipinski definition) is 0. The molecule has 0 atom stereocenters. The number of carbonyl (C=O) groups is 2. The van der Waals surface area contributed by atoms with Crippen molar-refractivity contribution in [2.24, 2.45) is 0 Å². The maximum absolute atomic E-state index is 12.4. The fourth-order valence-electron chi connectivity index (χ4n) is 3.50. The standard InChI is InChI=1S/C26H22O4/c27-25(23-15-7-11-19-9-1-3-13-21(19)23)29-17-5-6-18-30-26(28)24-16-8-12-20-10-2-4-14-22(20)24/h1-4,7-16H,5-6,17-18H2. The third-order valence-corrected chi connectivity index (χ3v) is 5.02. The summed E-state index contributed by atoms with van der Waals surface area (Å²) in [5.74, 6) is -0.667. The highest BCUT2D eigenvalue weighted by Gasteiger charge is 2.12. The van der Waals surface area contributed by atoms with Gasteiger partial charge in [-0.3, -0.25) is 0 Å². The predicted molar refractivity (Wildman–Crippen MR) is 118 cm³/mol. The van der Waals surface area contributed by atoms with E-state index < -0.39 is 0 Å². The lowest BCUT2D eigenvalue weighted by molar-refractivity contribution is 0.0434. The normalized spacial score (nSPS) is 10.8. The van der Waals surface area contributed by atoms with Gasteiger partial charge in [-0.25, -0.2) is 9.59 Å². The summed E-state index contributed by atoms with van der Waals surface area (Å²) in [7, 11) is 0. The van der Waals surface area contributed by atoms with Gasteiger partial charge in [-0.05, 0) is 46.5 Å². The number of benzene rings is 4. The minimum Gasteiger partial charge on any atom is -0.462 e. The molecular formula is C26H22O4. The monoisotopic (exact) mass is 398 g/mol. The first kappa shape index (κ1) is 19.6. The van der Waals surface area contributed by atoms with Crippen LogP contribution < -0.4 is 0 Å². The second-order valence-corrected chi connectivity index (χ2v) is 7.03. The van der Waals surface area contributed by atoms with E-state index in [9.17, 15) is 9.59 Å². The van der Waals surface area contributed by atoms with Crippen molar-refractivity contribution in [3.8, 4) is 0 Å². The first-order chi connectivity index (χ1) is 14.7. The Morgan fingerprint density at radius 2 is 0.933 bits per heavy atom. The van der Waals surface area contributed by atoms with Gasteiger partial charge in [-0.2, -0.15) is 0 Å². The quantitative estimate of drug-likeness (QED) is 0.292. The molecule has 0 heterocycles. The van der Waals surface area contributed by atoms with E-state index in [2.05, 4.69) is 0 Å². The van der Waals surface area contributed by atoms with Crippen LogP contribution in [0.25, 0.3) is 21.5 Å². The second-order valence-electron chi connectivity index (χ2n) is 7.03. The Kier molecular flexibility index (Phi) is 6.04. The summed E-state index contributed by atoms with van der Waals surface area (Å²) >= 11 is 0. The summed E-state index contributed by atoms with van der Waals surface area (Å²) in [6, 6.07) is 26.7. The summed E-state index contributed by atoms with van der Waals surface area (Å²) in [6.07, 6.45) is 1.25. The van der Waals surface area contributed by atoms with Gasteiger partial charge < -0.3 is 9.47 Å². The highest BCUT2D eigenvalue weighted by molar-refractivity contribution is 6.05. The molecule has 150 valence electrons. The molecule has 4 rings (SSSR count). The van der Waals surface area contributed by atoms with Crippen LogP contribution in [0.2, 0.25) is 0 Å². The number of ether oxygens (including phenoxy) is 2. The zero-order chi connectivity index (χ0) is 20.8. The SMILES string of the molecule is O=C(OCCCCOC(=O)c1cccc2ccccc12)c1cccc2ccccc12. The first-order valence-corrected chi connectivity index (χ1v) is 10.0. The molecule has 0 bridgehead atoms. The molecule has 4 aromatic carbocycles. The van der Waals surface area contributed by atoms with Gasteiger partial charge in [0.2, 0.25) is 0 Å².